The molecule has 0 saturated carbocycles. The van der Waals surface area contributed by atoms with Crippen molar-refractivity contribution in [2.75, 3.05) is 27.2 Å². The third-order valence-electron chi connectivity index (χ3n) is 5.39. The van der Waals surface area contributed by atoms with Crippen LogP contribution in [0.25, 0.3) is 22.2 Å². The smallest absolute Gasteiger partial charge is 0.254 e. The van der Waals surface area contributed by atoms with Crippen molar-refractivity contribution in [1.82, 2.24) is 19.8 Å². The monoisotopic (exact) mass is 374 g/mol. The molecule has 1 atom stereocenters. The maximum atomic E-state index is 13.7. The molecule has 0 spiro atoms. The first-order chi connectivity index (χ1) is 13.6. The van der Waals surface area contributed by atoms with Gasteiger partial charge in [0, 0.05) is 42.5 Å². The van der Waals surface area contributed by atoms with Crippen LogP contribution in [0.4, 0.5) is 0 Å². The van der Waals surface area contributed by atoms with Crippen molar-refractivity contribution in [2.24, 2.45) is 0 Å². The second-order valence-corrected chi connectivity index (χ2v) is 7.72. The van der Waals surface area contributed by atoms with Crippen molar-refractivity contribution in [3.63, 3.8) is 0 Å². The summed E-state index contributed by atoms with van der Waals surface area (Å²) >= 11 is 0. The molecule has 1 aliphatic heterocycles. The summed E-state index contributed by atoms with van der Waals surface area (Å²) in [5.41, 5.74) is 3.37. The number of carbonyl (C=O) groups excluding carboxylic acids is 1. The maximum Gasteiger partial charge on any atom is 0.254 e. The largest absolute Gasteiger partial charge is 0.334 e. The molecule has 1 aromatic carbocycles. The number of carbonyl (C=O) groups is 1. The summed E-state index contributed by atoms with van der Waals surface area (Å²) in [5, 5.41) is 0.916. The number of pyridine rings is 2. The van der Waals surface area contributed by atoms with Gasteiger partial charge < -0.3 is 9.80 Å². The van der Waals surface area contributed by atoms with Gasteiger partial charge in [0.2, 0.25) is 0 Å². The summed E-state index contributed by atoms with van der Waals surface area (Å²) in [6, 6.07) is 14.0. The maximum absolute atomic E-state index is 13.7. The lowest BCUT2D eigenvalue weighted by Gasteiger charge is -2.37. The van der Waals surface area contributed by atoms with Crippen LogP contribution in [-0.4, -0.2) is 58.9 Å². The van der Waals surface area contributed by atoms with Crippen LogP contribution in [0.2, 0.25) is 0 Å². The number of rotatable bonds is 4. The Hall–Kier alpha value is -2.79. The molecule has 3 heterocycles. The highest BCUT2D eigenvalue weighted by Gasteiger charge is 2.29. The Morgan fingerprint density at radius 3 is 2.71 bits per heavy atom. The molecule has 28 heavy (non-hydrogen) atoms. The molecule has 3 aromatic rings. The van der Waals surface area contributed by atoms with Gasteiger partial charge in [0.1, 0.15) is 0 Å². The quantitative estimate of drug-likeness (QED) is 0.696. The molecule has 0 radical (unpaired) electrons. The zero-order valence-corrected chi connectivity index (χ0v) is 16.5. The molecule has 0 aliphatic carbocycles. The molecule has 0 unspecified atom stereocenters. The van der Waals surface area contributed by atoms with E-state index in [0.29, 0.717) is 0 Å². The normalized spacial score (nSPS) is 17.2. The molecular weight excluding hydrogens is 348 g/mol. The number of aromatic nitrogens is 2. The molecule has 5 heteroatoms. The van der Waals surface area contributed by atoms with Gasteiger partial charge in [-0.1, -0.05) is 18.2 Å². The highest BCUT2D eigenvalue weighted by atomic mass is 16.2. The number of fused-ring (bicyclic) bond motifs is 1. The van der Waals surface area contributed by atoms with E-state index < -0.39 is 0 Å². The average molecular weight is 374 g/mol. The summed E-state index contributed by atoms with van der Waals surface area (Å²) < 4.78 is 0. The number of para-hydroxylation sites is 1. The fraction of sp³-hybridized carbons (Fsp3) is 0.348. The van der Waals surface area contributed by atoms with Crippen LogP contribution in [0.3, 0.4) is 0 Å². The number of likely N-dealkylation sites (tertiary alicyclic amines) is 1. The predicted octanol–water partition coefficient (Wildman–Crippen LogP) is 3.85. The predicted molar refractivity (Wildman–Crippen MR) is 112 cm³/mol. The van der Waals surface area contributed by atoms with Gasteiger partial charge in [0.15, 0.2) is 0 Å². The van der Waals surface area contributed by atoms with Gasteiger partial charge in [-0.05, 0) is 57.6 Å². The molecule has 0 bridgehead atoms. The van der Waals surface area contributed by atoms with Crippen molar-refractivity contribution in [3.8, 4) is 11.3 Å². The first-order valence-corrected chi connectivity index (χ1v) is 9.89. The molecule has 5 nitrogen and oxygen atoms in total. The number of amides is 1. The number of benzene rings is 1. The highest BCUT2D eigenvalue weighted by molar-refractivity contribution is 6.07. The number of hydrogen-bond donors (Lipinski definition) is 0. The van der Waals surface area contributed by atoms with Gasteiger partial charge in [0.25, 0.3) is 5.91 Å². The van der Waals surface area contributed by atoms with E-state index in [0.717, 1.165) is 53.7 Å². The number of nitrogens with zero attached hydrogens (tertiary/aromatic N) is 4. The summed E-state index contributed by atoms with van der Waals surface area (Å²) in [5.74, 6) is 0.112. The highest BCUT2D eigenvalue weighted by Crippen LogP contribution is 2.28. The Morgan fingerprint density at radius 1 is 1.14 bits per heavy atom. The second kappa shape index (κ2) is 8.07. The van der Waals surface area contributed by atoms with Crippen LogP contribution in [0.1, 0.15) is 29.6 Å². The molecule has 1 saturated heterocycles. The summed E-state index contributed by atoms with van der Waals surface area (Å²) in [4.78, 5) is 26.8. The van der Waals surface area contributed by atoms with Gasteiger partial charge in [-0.3, -0.25) is 9.78 Å². The SMILES string of the molecule is CN(C)C[C@H]1CCCCN1C(=O)c1cc(-c2ccncc2)nc2ccccc12. The first-order valence-electron chi connectivity index (χ1n) is 9.89. The van der Waals surface area contributed by atoms with E-state index >= 15 is 0 Å². The van der Waals surface area contributed by atoms with E-state index in [9.17, 15) is 4.79 Å². The molecule has 1 fully saturated rings. The minimum atomic E-state index is 0.112. The molecule has 1 amide bonds. The Morgan fingerprint density at radius 2 is 1.93 bits per heavy atom. The van der Waals surface area contributed by atoms with Crippen molar-refractivity contribution in [3.05, 3.63) is 60.4 Å². The van der Waals surface area contributed by atoms with Gasteiger partial charge in [-0.25, -0.2) is 4.98 Å². The van der Waals surface area contributed by atoms with Crippen LogP contribution in [-0.2, 0) is 0 Å². The number of likely N-dealkylation sites (N-methyl/N-ethyl adjacent to an activating group) is 1. The van der Waals surface area contributed by atoms with Crippen LogP contribution in [0.5, 0.6) is 0 Å². The van der Waals surface area contributed by atoms with E-state index in [1.54, 1.807) is 12.4 Å². The standard InChI is InChI=1S/C23H26N4O/c1-26(2)16-18-7-5-6-14-27(18)23(28)20-15-22(17-10-12-24-13-11-17)25-21-9-4-3-8-19(20)21/h3-4,8-13,15,18H,5-7,14,16H2,1-2H3/t18-/m1/s1. The Kier molecular flexibility index (Phi) is 5.35. The lowest BCUT2D eigenvalue weighted by Crippen LogP contribution is -2.48. The van der Waals surface area contributed by atoms with Crippen LogP contribution in [0.15, 0.2) is 54.9 Å². The van der Waals surface area contributed by atoms with Crippen LogP contribution < -0.4 is 0 Å². The number of piperidine rings is 1. The summed E-state index contributed by atoms with van der Waals surface area (Å²) in [6.45, 7) is 1.71. The summed E-state index contributed by atoms with van der Waals surface area (Å²) in [7, 11) is 4.14. The third-order valence-corrected chi connectivity index (χ3v) is 5.39. The van der Waals surface area contributed by atoms with Crippen LogP contribution in [0, 0.1) is 0 Å². The van der Waals surface area contributed by atoms with Gasteiger partial charge in [-0.15, -0.1) is 0 Å². The molecular formula is C23H26N4O. The van der Waals surface area contributed by atoms with E-state index in [-0.39, 0.29) is 11.9 Å². The molecule has 2 aromatic heterocycles. The van der Waals surface area contributed by atoms with E-state index in [4.69, 9.17) is 4.98 Å². The molecule has 144 valence electrons. The Balaban J connectivity index is 1.79. The summed E-state index contributed by atoms with van der Waals surface area (Å²) in [6.07, 6.45) is 6.82. The van der Waals surface area contributed by atoms with E-state index in [1.165, 1.54) is 6.42 Å². The third kappa shape index (κ3) is 3.76. The fourth-order valence-corrected chi connectivity index (χ4v) is 4.06. The van der Waals surface area contributed by atoms with Crippen molar-refractivity contribution in [2.45, 2.75) is 25.3 Å². The van der Waals surface area contributed by atoms with Crippen LogP contribution >= 0.6 is 0 Å². The topological polar surface area (TPSA) is 49.3 Å². The Labute approximate surface area is 166 Å². The minimum Gasteiger partial charge on any atom is -0.334 e. The van der Waals surface area contributed by atoms with Crippen molar-refractivity contribution < 1.29 is 4.79 Å². The van der Waals surface area contributed by atoms with Gasteiger partial charge >= 0.3 is 0 Å². The molecule has 1 aliphatic rings. The number of hydrogen-bond acceptors (Lipinski definition) is 4. The van der Waals surface area contributed by atoms with E-state index in [2.05, 4.69) is 28.9 Å². The van der Waals surface area contributed by atoms with Gasteiger partial charge in [0.05, 0.1) is 16.8 Å². The fourth-order valence-electron chi connectivity index (χ4n) is 4.06. The average Bonchev–Trinajstić information content (AvgIpc) is 2.73. The Bertz CT molecular complexity index is 971. The van der Waals surface area contributed by atoms with E-state index in [1.807, 2.05) is 42.5 Å². The zero-order valence-electron chi connectivity index (χ0n) is 16.5. The molecule has 4 rings (SSSR count). The first kappa shape index (κ1) is 18.6. The van der Waals surface area contributed by atoms with Crippen molar-refractivity contribution in [1.29, 1.82) is 0 Å². The van der Waals surface area contributed by atoms with Gasteiger partial charge in [-0.2, -0.15) is 0 Å². The lowest BCUT2D eigenvalue weighted by molar-refractivity contribution is 0.0577. The molecule has 0 N–H and O–H groups in total. The van der Waals surface area contributed by atoms with Crippen molar-refractivity contribution >= 4 is 16.8 Å². The zero-order chi connectivity index (χ0) is 19.5. The minimum absolute atomic E-state index is 0.112. The lowest BCUT2D eigenvalue weighted by atomic mass is 9.98. The second-order valence-electron chi connectivity index (χ2n) is 7.72.